The fourth-order valence-corrected chi connectivity index (χ4v) is 4.13. The summed E-state index contributed by atoms with van der Waals surface area (Å²) in [4.78, 5) is 34.0. The normalized spacial score (nSPS) is 11.0. The van der Waals surface area contributed by atoms with Gasteiger partial charge in [0.2, 0.25) is 11.4 Å². The van der Waals surface area contributed by atoms with Gasteiger partial charge in [-0.1, -0.05) is 24.3 Å². The summed E-state index contributed by atoms with van der Waals surface area (Å²) in [5.41, 5.74) is 13.3. The van der Waals surface area contributed by atoms with Crippen molar-refractivity contribution in [1.29, 1.82) is 0 Å². The summed E-state index contributed by atoms with van der Waals surface area (Å²) < 4.78 is 7.29. The molecule has 2 heterocycles. The number of aromatic carboxylic acids is 1. The predicted octanol–water partition coefficient (Wildman–Crippen LogP) is 2.94. The van der Waals surface area contributed by atoms with Crippen molar-refractivity contribution in [3.8, 4) is 17.0 Å². The summed E-state index contributed by atoms with van der Waals surface area (Å²) in [5, 5.41) is 10.4. The number of para-hydroxylation sites is 1. The number of carbonyl (C=O) groups is 1. The zero-order chi connectivity index (χ0) is 23.7. The summed E-state index contributed by atoms with van der Waals surface area (Å²) in [6, 6.07) is 12.4. The van der Waals surface area contributed by atoms with E-state index in [2.05, 4.69) is 9.97 Å². The standard InChI is InChI=1S/C24H23N5O4/c1-3-29-16-9-6-7-13(11-14-12-27-24(26)28-22(14)25)18(16)21(30)19(23(31)32)20(29)15-8-4-5-10-17(15)33-2/h4-10,12H,3,11H2,1-2H3,(H,31,32)(H4,25,26,27,28). The second-order valence-electron chi connectivity index (χ2n) is 7.43. The smallest absolute Gasteiger partial charge is 0.341 e. The zero-order valence-electron chi connectivity index (χ0n) is 18.2. The minimum absolute atomic E-state index is 0.0529. The molecule has 0 bridgehead atoms. The van der Waals surface area contributed by atoms with Gasteiger partial charge in [0.25, 0.3) is 0 Å². The van der Waals surface area contributed by atoms with Crippen LogP contribution in [-0.4, -0.2) is 32.7 Å². The number of carboxylic acid groups (broad SMARTS) is 1. The van der Waals surface area contributed by atoms with Crippen molar-refractivity contribution in [2.75, 3.05) is 18.6 Å². The van der Waals surface area contributed by atoms with E-state index in [1.54, 1.807) is 36.4 Å². The zero-order valence-corrected chi connectivity index (χ0v) is 18.2. The molecular formula is C24H23N5O4. The van der Waals surface area contributed by atoms with Gasteiger partial charge in [-0.15, -0.1) is 0 Å². The fraction of sp³-hybridized carbons (Fsp3) is 0.167. The first-order valence-electron chi connectivity index (χ1n) is 10.3. The molecule has 4 rings (SSSR count). The molecule has 33 heavy (non-hydrogen) atoms. The van der Waals surface area contributed by atoms with Gasteiger partial charge >= 0.3 is 5.97 Å². The molecule has 168 valence electrons. The van der Waals surface area contributed by atoms with Crippen LogP contribution >= 0.6 is 0 Å². The number of hydrogen-bond donors (Lipinski definition) is 3. The Balaban J connectivity index is 2.08. The van der Waals surface area contributed by atoms with Crippen LogP contribution < -0.4 is 21.6 Å². The molecule has 0 atom stereocenters. The van der Waals surface area contributed by atoms with Crippen molar-refractivity contribution in [1.82, 2.24) is 14.5 Å². The minimum atomic E-state index is -1.31. The number of carboxylic acids is 1. The summed E-state index contributed by atoms with van der Waals surface area (Å²) in [6.07, 6.45) is 1.76. The van der Waals surface area contributed by atoms with Crippen molar-refractivity contribution in [3.63, 3.8) is 0 Å². The van der Waals surface area contributed by atoms with E-state index in [9.17, 15) is 14.7 Å². The van der Waals surface area contributed by atoms with Crippen LogP contribution in [0.15, 0.2) is 53.5 Å². The molecule has 0 saturated heterocycles. The van der Waals surface area contributed by atoms with E-state index >= 15 is 0 Å². The molecule has 0 amide bonds. The maximum atomic E-state index is 13.7. The maximum Gasteiger partial charge on any atom is 0.341 e. The molecule has 9 heteroatoms. The number of aromatic nitrogens is 3. The number of ether oxygens (including phenoxy) is 1. The number of methoxy groups -OCH3 is 1. The molecule has 0 aliphatic carbocycles. The van der Waals surface area contributed by atoms with Gasteiger partial charge in [-0.25, -0.2) is 9.78 Å². The number of rotatable bonds is 6. The van der Waals surface area contributed by atoms with Crippen LogP contribution in [0, 0.1) is 0 Å². The minimum Gasteiger partial charge on any atom is -0.496 e. The highest BCUT2D eigenvalue weighted by Crippen LogP contribution is 2.34. The Morgan fingerprint density at radius 3 is 2.55 bits per heavy atom. The van der Waals surface area contributed by atoms with E-state index in [0.29, 0.717) is 45.6 Å². The highest BCUT2D eigenvalue weighted by molar-refractivity contribution is 6.01. The highest BCUT2D eigenvalue weighted by atomic mass is 16.5. The van der Waals surface area contributed by atoms with Crippen LogP contribution in [0.1, 0.15) is 28.4 Å². The van der Waals surface area contributed by atoms with Gasteiger partial charge in [-0.05, 0) is 30.7 Å². The van der Waals surface area contributed by atoms with Crippen LogP contribution in [0.3, 0.4) is 0 Å². The molecule has 5 N–H and O–H groups in total. The Hall–Kier alpha value is -4.40. The molecule has 0 aliphatic rings. The van der Waals surface area contributed by atoms with E-state index in [0.717, 1.165) is 0 Å². The first-order chi connectivity index (χ1) is 15.9. The van der Waals surface area contributed by atoms with Crippen molar-refractivity contribution in [2.45, 2.75) is 19.9 Å². The Morgan fingerprint density at radius 1 is 1.12 bits per heavy atom. The largest absolute Gasteiger partial charge is 0.496 e. The number of aryl methyl sites for hydroxylation is 1. The van der Waals surface area contributed by atoms with Gasteiger partial charge in [0, 0.05) is 30.3 Å². The molecule has 0 saturated carbocycles. The molecule has 2 aromatic carbocycles. The van der Waals surface area contributed by atoms with Crippen molar-refractivity contribution in [3.05, 3.63) is 75.6 Å². The third-order valence-corrected chi connectivity index (χ3v) is 5.57. The van der Waals surface area contributed by atoms with Gasteiger partial charge in [-0.3, -0.25) is 4.79 Å². The second kappa shape index (κ2) is 8.62. The van der Waals surface area contributed by atoms with E-state index < -0.39 is 11.4 Å². The van der Waals surface area contributed by atoms with Crippen molar-refractivity contribution >= 4 is 28.6 Å². The van der Waals surface area contributed by atoms with E-state index in [1.807, 2.05) is 17.6 Å². The number of nitrogen functional groups attached to an aromatic ring is 2. The van der Waals surface area contributed by atoms with Crippen molar-refractivity contribution in [2.24, 2.45) is 0 Å². The first-order valence-corrected chi connectivity index (χ1v) is 10.3. The van der Waals surface area contributed by atoms with Gasteiger partial charge in [-0.2, -0.15) is 4.98 Å². The number of nitrogens with two attached hydrogens (primary N) is 2. The number of anilines is 2. The summed E-state index contributed by atoms with van der Waals surface area (Å²) in [6.45, 7) is 2.33. The molecular weight excluding hydrogens is 422 g/mol. The van der Waals surface area contributed by atoms with Gasteiger partial charge < -0.3 is 25.9 Å². The summed E-state index contributed by atoms with van der Waals surface area (Å²) >= 11 is 0. The van der Waals surface area contributed by atoms with Gasteiger partial charge in [0.05, 0.1) is 23.7 Å². The van der Waals surface area contributed by atoms with Gasteiger partial charge in [0.15, 0.2) is 0 Å². The molecule has 0 radical (unpaired) electrons. The first kappa shape index (κ1) is 21.8. The lowest BCUT2D eigenvalue weighted by molar-refractivity contribution is 0.0696. The van der Waals surface area contributed by atoms with Crippen molar-refractivity contribution < 1.29 is 14.6 Å². The van der Waals surface area contributed by atoms with Crippen LogP contribution in [0.25, 0.3) is 22.2 Å². The lowest BCUT2D eigenvalue weighted by Gasteiger charge is -2.21. The lowest BCUT2D eigenvalue weighted by Crippen LogP contribution is -2.23. The molecule has 0 spiro atoms. The Labute approximate surface area is 189 Å². The van der Waals surface area contributed by atoms with Gasteiger partial charge in [0.1, 0.15) is 17.1 Å². The SMILES string of the molecule is CCn1c(-c2ccccc2OC)c(C(=O)O)c(=O)c2c(Cc3cnc(N)nc3N)cccc21. The van der Waals surface area contributed by atoms with E-state index in [1.165, 1.54) is 13.3 Å². The highest BCUT2D eigenvalue weighted by Gasteiger charge is 2.26. The number of hydrogen-bond acceptors (Lipinski definition) is 7. The lowest BCUT2D eigenvalue weighted by atomic mass is 9.96. The topological polar surface area (TPSA) is 146 Å². The Morgan fingerprint density at radius 2 is 1.88 bits per heavy atom. The average Bonchev–Trinajstić information content (AvgIpc) is 2.80. The Kier molecular flexibility index (Phi) is 5.70. The maximum absolute atomic E-state index is 13.7. The number of fused-ring (bicyclic) bond motifs is 1. The summed E-state index contributed by atoms with van der Waals surface area (Å²) in [5.74, 6) is -0.574. The van der Waals surface area contributed by atoms with E-state index in [4.69, 9.17) is 16.2 Å². The fourth-order valence-electron chi connectivity index (χ4n) is 4.13. The second-order valence-corrected chi connectivity index (χ2v) is 7.43. The number of benzene rings is 2. The third kappa shape index (κ3) is 3.73. The van der Waals surface area contributed by atoms with Crippen LogP contribution in [-0.2, 0) is 13.0 Å². The monoisotopic (exact) mass is 445 g/mol. The third-order valence-electron chi connectivity index (χ3n) is 5.57. The quantitative estimate of drug-likeness (QED) is 0.410. The molecule has 0 unspecified atom stereocenters. The van der Waals surface area contributed by atoms with E-state index in [-0.39, 0.29) is 23.8 Å². The Bertz CT molecular complexity index is 1450. The van der Waals surface area contributed by atoms with Crippen LogP contribution in [0.2, 0.25) is 0 Å². The number of pyridine rings is 1. The molecule has 2 aromatic heterocycles. The average molecular weight is 445 g/mol. The predicted molar refractivity (Wildman–Crippen MR) is 126 cm³/mol. The molecule has 0 fully saturated rings. The molecule has 9 nitrogen and oxygen atoms in total. The molecule has 0 aliphatic heterocycles. The van der Waals surface area contributed by atoms with Crippen LogP contribution in [0.4, 0.5) is 11.8 Å². The summed E-state index contributed by atoms with van der Waals surface area (Å²) in [7, 11) is 1.51. The molecule has 4 aromatic rings. The number of nitrogens with zero attached hydrogens (tertiary/aromatic N) is 3. The van der Waals surface area contributed by atoms with Crippen LogP contribution in [0.5, 0.6) is 5.75 Å².